The molecule has 2 aliphatic rings. The van der Waals surface area contributed by atoms with Gasteiger partial charge in [-0.3, -0.25) is 4.79 Å². The van der Waals surface area contributed by atoms with Gasteiger partial charge in [-0.25, -0.2) is 4.79 Å². The molecule has 2 fully saturated rings. The highest BCUT2D eigenvalue weighted by Crippen LogP contribution is 2.31. The van der Waals surface area contributed by atoms with Gasteiger partial charge in [0.15, 0.2) is 0 Å². The predicted octanol–water partition coefficient (Wildman–Crippen LogP) is 1.09. The molecule has 0 heterocycles. The van der Waals surface area contributed by atoms with Crippen molar-refractivity contribution in [3.8, 4) is 0 Å². The molecule has 2 saturated carbocycles. The molecule has 6 nitrogen and oxygen atoms in total. The van der Waals surface area contributed by atoms with Crippen LogP contribution in [-0.4, -0.2) is 40.9 Å². The molecule has 6 heteroatoms. The molecular weight excluding hydrogens is 260 g/mol. The summed E-state index contributed by atoms with van der Waals surface area (Å²) in [7, 11) is 0. The zero-order valence-corrected chi connectivity index (χ0v) is 11.7. The average molecular weight is 284 g/mol. The Balaban J connectivity index is 1.68. The Bertz CT molecular complexity index is 353. The van der Waals surface area contributed by atoms with Gasteiger partial charge < -0.3 is 20.8 Å². The third kappa shape index (κ3) is 4.10. The van der Waals surface area contributed by atoms with Crippen LogP contribution in [0.15, 0.2) is 0 Å². The first-order chi connectivity index (χ1) is 9.56. The Labute approximate surface area is 118 Å². The van der Waals surface area contributed by atoms with Crippen LogP contribution in [0.4, 0.5) is 4.79 Å². The first-order valence-corrected chi connectivity index (χ1v) is 7.51. The van der Waals surface area contributed by atoms with Crippen LogP contribution in [0.25, 0.3) is 0 Å². The Hall–Kier alpha value is -1.30. The largest absolute Gasteiger partial charge is 0.481 e. The molecule has 0 aromatic rings. The number of carboxylic acids is 1. The summed E-state index contributed by atoms with van der Waals surface area (Å²) in [6, 6.07) is -0.0975. The average Bonchev–Trinajstić information content (AvgIpc) is 2.88. The monoisotopic (exact) mass is 284 g/mol. The highest BCUT2D eigenvalue weighted by molar-refractivity contribution is 5.74. The quantitative estimate of drug-likeness (QED) is 0.621. The number of nitrogens with one attached hydrogen (secondary N) is 2. The van der Waals surface area contributed by atoms with E-state index < -0.39 is 5.97 Å². The van der Waals surface area contributed by atoms with Crippen molar-refractivity contribution in [1.29, 1.82) is 0 Å². The van der Waals surface area contributed by atoms with E-state index in [1.807, 2.05) is 0 Å². The molecular formula is C14H24N2O4. The molecule has 0 radical (unpaired) electrons. The summed E-state index contributed by atoms with van der Waals surface area (Å²) in [6.45, 7) is 0.429. The lowest BCUT2D eigenvalue weighted by Crippen LogP contribution is -2.45. The molecule has 20 heavy (non-hydrogen) atoms. The number of carboxylic acid groups (broad SMARTS) is 1. The number of hydrogen-bond donors (Lipinski definition) is 4. The van der Waals surface area contributed by atoms with Gasteiger partial charge in [0, 0.05) is 12.6 Å². The van der Waals surface area contributed by atoms with Gasteiger partial charge in [-0.1, -0.05) is 6.42 Å². The van der Waals surface area contributed by atoms with E-state index >= 15 is 0 Å². The molecule has 2 unspecified atom stereocenters. The van der Waals surface area contributed by atoms with Gasteiger partial charge >= 0.3 is 12.0 Å². The lowest BCUT2D eigenvalue weighted by molar-refractivity contribution is -0.142. The molecule has 0 bridgehead atoms. The molecule has 0 aromatic heterocycles. The van der Waals surface area contributed by atoms with Crippen molar-refractivity contribution in [1.82, 2.24) is 10.6 Å². The fourth-order valence-electron chi connectivity index (χ4n) is 3.29. The molecule has 0 aliphatic heterocycles. The van der Waals surface area contributed by atoms with E-state index in [0.29, 0.717) is 13.0 Å². The minimum Gasteiger partial charge on any atom is -0.481 e. The number of amides is 2. The van der Waals surface area contributed by atoms with Gasteiger partial charge in [0.1, 0.15) is 0 Å². The Morgan fingerprint density at radius 1 is 1.05 bits per heavy atom. The van der Waals surface area contributed by atoms with Crippen LogP contribution in [0.5, 0.6) is 0 Å². The standard InChI is InChI=1S/C14H24N2O4/c17-11-6-4-10(5-7-11)16-14(20)15-8-9-2-1-3-12(9)13(18)19/h9-12,17H,1-8H2,(H,18,19)(H2,15,16,20). The topological polar surface area (TPSA) is 98.7 Å². The van der Waals surface area contributed by atoms with Gasteiger partial charge in [-0.2, -0.15) is 0 Å². The van der Waals surface area contributed by atoms with Crippen molar-refractivity contribution in [2.45, 2.75) is 57.1 Å². The van der Waals surface area contributed by atoms with Crippen LogP contribution >= 0.6 is 0 Å². The van der Waals surface area contributed by atoms with Gasteiger partial charge in [-0.05, 0) is 44.4 Å². The van der Waals surface area contributed by atoms with Crippen molar-refractivity contribution in [3.05, 3.63) is 0 Å². The highest BCUT2D eigenvalue weighted by atomic mass is 16.4. The Morgan fingerprint density at radius 2 is 1.75 bits per heavy atom. The highest BCUT2D eigenvalue weighted by Gasteiger charge is 2.33. The number of carbonyl (C=O) groups excluding carboxylic acids is 1. The zero-order chi connectivity index (χ0) is 14.5. The maximum atomic E-state index is 11.8. The third-order valence-electron chi connectivity index (χ3n) is 4.53. The van der Waals surface area contributed by atoms with E-state index in [0.717, 1.165) is 38.5 Å². The zero-order valence-electron chi connectivity index (χ0n) is 11.7. The lowest BCUT2D eigenvalue weighted by Gasteiger charge is -2.26. The van der Waals surface area contributed by atoms with E-state index in [2.05, 4.69) is 10.6 Å². The van der Waals surface area contributed by atoms with Crippen molar-refractivity contribution in [2.24, 2.45) is 11.8 Å². The second-order valence-corrected chi connectivity index (χ2v) is 6.00. The number of urea groups is 1. The van der Waals surface area contributed by atoms with Crippen molar-refractivity contribution in [2.75, 3.05) is 6.54 Å². The third-order valence-corrected chi connectivity index (χ3v) is 4.53. The predicted molar refractivity (Wildman–Crippen MR) is 73.3 cm³/mol. The summed E-state index contributed by atoms with van der Waals surface area (Å²) in [5, 5.41) is 24.2. The summed E-state index contributed by atoms with van der Waals surface area (Å²) in [5.74, 6) is -1.03. The Morgan fingerprint density at radius 3 is 2.40 bits per heavy atom. The number of aliphatic hydroxyl groups is 1. The maximum absolute atomic E-state index is 11.8. The number of carbonyl (C=O) groups is 2. The van der Waals surface area contributed by atoms with E-state index in [1.165, 1.54) is 0 Å². The molecule has 2 rings (SSSR count). The van der Waals surface area contributed by atoms with E-state index in [9.17, 15) is 14.7 Å². The molecule has 2 amide bonds. The summed E-state index contributed by atoms with van der Waals surface area (Å²) in [5.41, 5.74) is 0. The normalized spacial score (nSPS) is 33.6. The van der Waals surface area contributed by atoms with Crippen LogP contribution in [-0.2, 0) is 4.79 Å². The van der Waals surface area contributed by atoms with Gasteiger partial charge in [0.05, 0.1) is 12.0 Å². The summed E-state index contributed by atoms with van der Waals surface area (Å²) >= 11 is 0. The fourth-order valence-corrected chi connectivity index (χ4v) is 3.29. The first kappa shape index (κ1) is 15.1. The molecule has 4 N–H and O–H groups in total. The molecule has 2 atom stereocenters. The summed E-state index contributed by atoms with van der Waals surface area (Å²) in [6.07, 6.45) is 5.34. The lowest BCUT2D eigenvalue weighted by atomic mass is 9.93. The van der Waals surface area contributed by atoms with Gasteiger partial charge in [0.25, 0.3) is 0 Å². The van der Waals surface area contributed by atoms with Crippen molar-refractivity contribution >= 4 is 12.0 Å². The minimum atomic E-state index is -0.754. The molecule has 114 valence electrons. The number of aliphatic carboxylic acids is 1. The number of rotatable bonds is 4. The smallest absolute Gasteiger partial charge is 0.315 e. The minimum absolute atomic E-state index is 0.0476. The van der Waals surface area contributed by atoms with E-state index in [4.69, 9.17) is 5.11 Å². The SMILES string of the molecule is O=C(NCC1CCCC1C(=O)O)NC1CCC(O)CC1. The molecule has 0 spiro atoms. The van der Waals surface area contributed by atoms with Crippen LogP contribution in [0.3, 0.4) is 0 Å². The van der Waals surface area contributed by atoms with Gasteiger partial charge in [-0.15, -0.1) is 0 Å². The summed E-state index contributed by atoms with van der Waals surface area (Å²) < 4.78 is 0. The molecule has 0 aromatic carbocycles. The number of hydrogen-bond acceptors (Lipinski definition) is 3. The molecule has 0 saturated heterocycles. The van der Waals surface area contributed by atoms with E-state index in [1.54, 1.807) is 0 Å². The van der Waals surface area contributed by atoms with Crippen LogP contribution in [0.2, 0.25) is 0 Å². The first-order valence-electron chi connectivity index (χ1n) is 7.51. The van der Waals surface area contributed by atoms with E-state index in [-0.39, 0.29) is 30.0 Å². The van der Waals surface area contributed by atoms with Crippen LogP contribution in [0.1, 0.15) is 44.9 Å². The van der Waals surface area contributed by atoms with Crippen LogP contribution < -0.4 is 10.6 Å². The maximum Gasteiger partial charge on any atom is 0.315 e. The Kier molecular flexibility index (Phi) is 5.23. The fraction of sp³-hybridized carbons (Fsp3) is 0.857. The summed E-state index contributed by atoms with van der Waals surface area (Å²) in [4.78, 5) is 22.8. The molecule has 2 aliphatic carbocycles. The van der Waals surface area contributed by atoms with Crippen molar-refractivity contribution < 1.29 is 19.8 Å². The second kappa shape index (κ2) is 6.92. The van der Waals surface area contributed by atoms with Gasteiger partial charge in [0.2, 0.25) is 0 Å². The number of aliphatic hydroxyl groups excluding tert-OH is 1. The second-order valence-electron chi connectivity index (χ2n) is 6.00. The van der Waals surface area contributed by atoms with Crippen LogP contribution in [0, 0.1) is 11.8 Å². The van der Waals surface area contributed by atoms with Crippen molar-refractivity contribution in [3.63, 3.8) is 0 Å².